The predicted octanol–water partition coefficient (Wildman–Crippen LogP) is 5.88. The molecule has 46 heavy (non-hydrogen) atoms. The van der Waals surface area contributed by atoms with Gasteiger partial charge in [0.25, 0.3) is 0 Å². The zero-order valence-corrected chi connectivity index (χ0v) is 23.2. The summed E-state index contributed by atoms with van der Waals surface area (Å²) in [5.74, 6) is -37.2. The summed E-state index contributed by atoms with van der Waals surface area (Å²) in [6, 6.07) is 9.59. The van der Waals surface area contributed by atoms with E-state index in [1.165, 1.54) is 42.5 Å². The smallest absolute Gasteiger partial charge is 0.460 e. The molecule has 0 saturated carbocycles. The summed E-state index contributed by atoms with van der Waals surface area (Å²) in [5, 5.41) is 36.7. The van der Waals surface area contributed by atoms with Crippen molar-refractivity contribution >= 4 is 0 Å². The van der Waals surface area contributed by atoms with Crippen molar-refractivity contribution in [3.05, 3.63) is 48.0 Å². The lowest BCUT2D eigenvalue weighted by molar-refractivity contribution is -0.440. The van der Waals surface area contributed by atoms with Gasteiger partial charge in [0.15, 0.2) is 0 Å². The van der Waals surface area contributed by atoms with Crippen molar-refractivity contribution in [1.29, 1.82) is 0 Å². The van der Waals surface area contributed by atoms with Crippen LogP contribution < -0.4 is 9.47 Å². The molecule has 2 rings (SSSR count). The number of hydrogen-bond donors (Lipinski definition) is 4. The fourth-order valence-corrected chi connectivity index (χ4v) is 3.78. The second-order valence-electron chi connectivity index (χ2n) is 10.00. The highest BCUT2D eigenvalue weighted by atomic mass is 19.4. The quantitative estimate of drug-likeness (QED) is 0.155. The number of ether oxygens (including phenoxy) is 2. The molecule has 0 aliphatic heterocycles. The zero-order valence-electron chi connectivity index (χ0n) is 23.2. The van der Waals surface area contributed by atoms with Crippen molar-refractivity contribution in [1.82, 2.24) is 0 Å². The van der Waals surface area contributed by atoms with E-state index in [0.29, 0.717) is 11.1 Å². The highest BCUT2D eigenvalue weighted by Crippen LogP contribution is 2.60. The van der Waals surface area contributed by atoms with Crippen LogP contribution in [0, 0.1) is 0 Å². The van der Waals surface area contributed by atoms with Gasteiger partial charge in [0.1, 0.15) is 36.9 Å². The first kappa shape index (κ1) is 39.1. The molecule has 0 radical (unpaired) electrons. The van der Waals surface area contributed by atoms with E-state index in [4.69, 9.17) is 19.7 Å². The van der Waals surface area contributed by atoms with E-state index in [-0.39, 0.29) is 23.7 Å². The molecule has 0 aliphatic rings. The Balaban J connectivity index is 2.33. The lowest BCUT2D eigenvalue weighted by atomic mass is 9.91. The Morgan fingerprint density at radius 2 is 1.07 bits per heavy atom. The number of aliphatic hydroxyl groups excluding tert-OH is 4. The first-order valence-corrected chi connectivity index (χ1v) is 13.0. The van der Waals surface area contributed by atoms with Crippen molar-refractivity contribution in [2.75, 3.05) is 26.4 Å². The summed E-state index contributed by atoms with van der Waals surface area (Å²) in [5.41, 5.74) is 0.584. The van der Waals surface area contributed by atoms with Crippen molar-refractivity contribution in [3.63, 3.8) is 0 Å². The van der Waals surface area contributed by atoms with Crippen molar-refractivity contribution in [2.24, 2.45) is 0 Å². The predicted molar refractivity (Wildman–Crippen MR) is 133 cm³/mol. The standard InChI is InChI=1S/C27H27F13O6/c28-22(29,23(30,31)24(32,33)25(34,35)26(36,37)27(38,39)40)9-1-2-17-10-16(5-8-21(17)46-14-19(44)12-42)15-3-6-20(7-4-15)45-13-18(43)11-41/h3-8,10,18-19,41-44H,1-2,9,11-14H2. The molecule has 2 unspecified atom stereocenters. The Kier molecular flexibility index (Phi) is 12.2. The maximum Gasteiger partial charge on any atom is 0.460 e. The van der Waals surface area contributed by atoms with Crippen LogP contribution in [0.1, 0.15) is 18.4 Å². The molecule has 4 N–H and O–H groups in total. The van der Waals surface area contributed by atoms with Crippen LogP contribution in [0.3, 0.4) is 0 Å². The average molecular weight is 694 g/mol. The molecule has 0 bridgehead atoms. The number of rotatable bonds is 17. The summed E-state index contributed by atoms with van der Waals surface area (Å²) >= 11 is 0. The third-order valence-electron chi connectivity index (χ3n) is 6.48. The molecule has 2 aromatic carbocycles. The topological polar surface area (TPSA) is 99.4 Å². The van der Waals surface area contributed by atoms with Crippen LogP contribution in [0.4, 0.5) is 57.1 Å². The van der Waals surface area contributed by atoms with Gasteiger partial charge in [-0.2, -0.15) is 57.1 Å². The fourth-order valence-electron chi connectivity index (χ4n) is 3.78. The molecule has 0 saturated heterocycles. The molecule has 0 aliphatic carbocycles. The van der Waals surface area contributed by atoms with Crippen molar-refractivity contribution in [3.8, 4) is 22.6 Å². The van der Waals surface area contributed by atoms with Crippen LogP contribution in [0.2, 0.25) is 0 Å². The van der Waals surface area contributed by atoms with E-state index in [0.717, 1.165) is 0 Å². The summed E-state index contributed by atoms with van der Waals surface area (Å²) < 4.78 is 185. The van der Waals surface area contributed by atoms with Gasteiger partial charge in [-0.3, -0.25) is 0 Å². The van der Waals surface area contributed by atoms with Gasteiger partial charge in [-0.15, -0.1) is 0 Å². The molecule has 0 amide bonds. The second kappa shape index (κ2) is 14.4. The summed E-state index contributed by atoms with van der Waals surface area (Å²) in [4.78, 5) is 0. The van der Waals surface area contributed by atoms with Gasteiger partial charge in [0, 0.05) is 6.42 Å². The lowest BCUT2D eigenvalue weighted by Gasteiger charge is -2.39. The van der Waals surface area contributed by atoms with Crippen molar-refractivity contribution in [2.45, 2.75) is 67.3 Å². The number of alkyl halides is 13. The Bertz CT molecular complexity index is 1270. The van der Waals surface area contributed by atoms with Gasteiger partial charge in [0.2, 0.25) is 0 Å². The number of halogens is 13. The van der Waals surface area contributed by atoms with Crippen LogP contribution in [-0.4, -0.2) is 94.9 Å². The highest BCUT2D eigenvalue weighted by Gasteiger charge is 2.90. The van der Waals surface area contributed by atoms with E-state index in [1.807, 2.05) is 0 Å². The monoisotopic (exact) mass is 694 g/mol. The van der Waals surface area contributed by atoms with Crippen LogP contribution in [0.25, 0.3) is 11.1 Å². The Morgan fingerprint density at radius 3 is 1.57 bits per heavy atom. The first-order chi connectivity index (χ1) is 21.0. The van der Waals surface area contributed by atoms with Crippen LogP contribution in [0.15, 0.2) is 42.5 Å². The van der Waals surface area contributed by atoms with E-state index in [9.17, 15) is 67.3 Å². The molecule has 6 nitrogen and oxygen atoms in total. The molecule has 0 fully saturated rings. The number of benzene rings is 2. The minimum absolute atomic E-state index is 0.117. The molecule has 19 heteroatoms. The molecular weight excluding hydrogens is 667 g/mol. The van der Waals surface area contributed by atoms with Gasteiger partial charge >= 0.3 is 35.8 Å². The summed E-state index contributed by atoms with van der Waals surface area (Å²) in [6.07, 6.45) is -14.5. The van der Waals surface area contributed by atoms with Gasteiger partial charge in [-0.1, -0.05) is 18.2 Å². The molecule has 2 aromatic rings. The minimum Gasteiger partial charge on any atom is -0.491 e. The number of hydrogen-bond acceptors (Lipinski definition) is 6. The van der Waals surface area contributed by atoms with Crippen LogP contribution in [-0.2, 0) is 6.42 Å². The normalized spacial score (nSPS) is 15.1. The number of aryl methyl sites for hydroxylation is 1. The fraction of sp³-hybridized carbons (Fsp3) is 0.556. The molecular formula is C27H27F13O6. The molecule has 0 heterocycles. The van der Waals surface area contributed by atoms with Gasteiger partial charge < -0.3 is 29.9 Å². The molecule has 262 valence electrons. The largest absolute Gasteiger partial charge is 0.491 e. The third-order valence-corrected chi connectivity index (χ3v) is 6.48. The molecule has 0 aromatic heterocycles. The molecule has 2 atom stereocenters. The van der Waals surface area contributed by atoms with E-state index in [1.54, 1.807) is 0 Å². The second-order valence-corrected chi connectivity index (χ2v) is 10.00. The first-order valence-electron chi connectivity index (χ1n) is 13.0. The van der Waals surface area contributed by atoms with Gasteiger partial charge in [0.05, 0.1) is 13.2 Å². The maximum absolute atomic E-state index is 14.3. The van der Waals surface area contributed by atoms with Gasteiger partial charge in [-0.05, 0) is 53.8 Å². The highest BCUT2D eigenvalue weighted by molar-refractivity contribution is 5.66. The van der Waals surface area contributed by atoms with E-state index in [2.05, 4.69) is 0 Å². The number of aliphatic hydroxyl groups is 4. The minimum atomic E-state index is -7.98. The summed E-state index contributed by atoms with van der Waals surface area (Å²) in [6.45, 7) is -2.21. The Morgan fingerprint density at radius 1 is 0.587 bits per heavy atom. The maximum atomic E-state index is 14.3. The van der Waals surface area contributed by atoms with Crippen LogP contribution >= 0.6 is 0 Å². The molecule has 0 spiro atoms. The summed E-state index contributed by atoms with van der Waals surface area (Å²) in [7, 11) is 0. The average Bonchev–Trinajstić information content (AvgIpc) is 2.98. The van der Waals surface area contributed by atoms with Crippen LogP contribution in [0.5, 0.6) is 11.5 Å². The lowest BCUT2D eigenvalue weighted by Crippen LogP contribution is -2.70. The zero-order chi connectivity index (χ0) is 35.4. The van der Waals surface area contributed by atoms with Gasteiger partial charge in [-0.25, -0.2) is 0 Å². The third kappa shape index (κ3) is 8.09. The Labute approximate surface area is 252 Å². The SMILES string of the molecule is OCC(O)COc1ccc(-c2ccc(OCC(O)CO)c(CCCC(F)(F)C(F)(F)C(F)(F)C(F)(F)C(F)(F)C(F)(F)F)c2)cc1. The van der Waals surface area contributed by atoms with E-state index < -0.39 is 87.1 Å². The van der Waals surface area contributed by atoms with Crippen molar-refractivity contribution < 1.29 is 87.0 Å². The Hall–Kier alpha value is -3.03. The van der Waals surface area contributed by atoms with E-state index >= 15 is 0 Å².